The zero-order chi connectivity index (χ0) is 18.7. The summed E-state index contributed by atoms with van der Waals surface area (Å²) in [7, 11) is 0. The number of amides is 1. The molecule has 0 aliphatic heterocycles. The first-order valence-corrected chi connectivity index (χ1v) is 8.19. The molecular formula is C18H24F2N2O3. The number of carbonyl (C=O) groups excluding carboxylic acids is 2. The highest BCUT2D eigenvalue weighted by Crippen LogP contribution is 2.11. The Bertz CT molecular complexity index is 574. The standard InChI is InChI=1S/C18H24F2N2O3/c1-3-11-22(12-16(19)20)13-17(23)21-15-8-5-14(6-9-15)7-10-18(24)25-4-2/h5-10,16H,3-4,11-13H2,1-2H3,(H,21,23)/b10-7+. The number of carbonyl (C=O) groups is 2. The minimum Gasteiger partial charge on any atom is -0.463 e. The average Bonchev–Trinajstić information content (AvgIpc) is 2.54. The van der Waals surface area contributed by atoms with Crippen LogP contribution in [-0.4, -0.2) is 49.4 Å². The monoisotopic (exact) mass is 354 g/mol. The van der Waals surface area contributed by atoms with E-state index < -0.39 is 18.9 Å². The molecule has 1 rings (SSSR count). The number of anilines is 1. The van der Waals surface area contributed by atoms with Crippen LogP contribution in [0.15, 0.2) is 30.3 Å². The van der Waals surface area contributed by atoms with Gasteiger partial charge in [0.2, 0.25) is 5.91 Å². The van der Waals surface area contributed by atoms with E-state index in [9.17, 15) is 18.4 Å². The number of esters is 1. The lowest BCUT2D eigenvalue weighted by atomic mass is 10.2. The minimum absolute atomic E-state index is 0.0807. The molecule has 0 heterocycles. The molecule has 0 bridgehead atoms. The third kappa shape index (κ3) is 8.95. The van der Waals surface area contributed by atoms with Gasteiger partial charge in [0.05, 0.1) is 19.7 Å². The molecule has 0 aliphatic carbocycles. The van der Waals surface area contributed by atoms with Gasteiger partial charge < -0.3 is 10.1 Å². The highest BCUT2D eigenvalue weighted by atomic mass is 19.3. The summed E-state index contributed by atoms with van der Waals surface area (Å²) in [5.41, 5.74) is 1.34. The number of nitrogens with zero attached hydrogens (tertiary/aromatic N) is 1. The number of alkyl halides is 2. The summed E-state index contributed by atoms with van der Waals surface area (Å²) >= 11 is 0. The molecular weight excluding hydrogens is 330 g/mol. The predicted molar refractivity (Wildman–Crippen MR) is 93.5 cm³/mol. The van der Waals surface area contributed by atoms with Crippen molar-refractivity contribution in [2.24, 2.45) is 0 Å². The first-order valence-electron chi connectivity index (χ1n) is 8.19. The molecule has 138 valence electrons. The van der Waals surface area contributed by atoms with Crippen LogP contribution in [0.1, 0.15) is 25.8 Å². The molecule has 1 aromatic carbocycles. The Balaban J connectivity index is 2.56. The molecule has 0 unspecified atom stereocenters. The Hall–Kier alpha value is -2.28. The molecule has 0 spiro atoms. The fraction of sp³-hybridized carbons (Fsp3) is 0.444. The van der Waals surface area contributed by atoms with Crippen molar-refractivity contribution in [2.45, 2.75) is 26.7 Å². The second-order valence-corrected chi connectivity index (χ2v) is 5.38. The van der Waals surface area contributed by atoms with Gasteiger partial charge in [-0.15, -0.1) is 0 Å². The van der Waals surface area contributed by atoms with Gasteiger partial charge in [-0.05, 0) is 43.7 Å². The number of ether oxygens (including phenoxy) is 1. The van der Waals surface area contributed by atoms with Crippen LogP contribution in [0.4, 0.5) is 14.5 Å². The molecule has 0 atom stereocenters. The van der Waals surface area contributed by atoms with Crippen LogP contribution in [0.2, 0.25) is 0 Å². The van der Waals surface area contributed by atoms with Crippen molar-refractivity contribution in [3.05, 3.63) is 35.9 Å². The summed E-state index contributed by atoms with van der Waals surface area (Å²) in [6.45, 7) is 3.86. The van der Waals surface area contributed by atoms with Crippen molar-refractivity contribution in [3.8, 4) is 0 Å². The molecule has 1 amide bonds. The van der Waals surface area contributed by atoms with Gasteiger partial charge >= 0.3 is 5.97 Å². The maximum atomic E-state index is 12.5. The van der Waals surface area contributed by atoms with Gasteiger partial charge in [-0.1, -0.05) is 19.1 Å². The van der Waals surface area contributed by atoms with Crippen LogP contribution in [0.25, 0.3) is 6.08 Å². The Morgan fingerprint density at radius 3 is 2.48 bits per heavy atom. The van der Waals surface area contributed by atoms with E-state index >= 15 is 0 Å². The van der Waals surface area contributed by atoms with E-state index in [0.717, 1.165) is 5.56 Å². The fourth-order valence-corrected chi connectivity index (χ4v) is 2.18. The minimum atomic E-state index is -2.47. The molecule has 0 saturated heterocycles. The van der Waals surface area contributed by atoms with Crippen LogP contribution in [0.5, 0.6) is 0 Å². The number of benzene rings is 1. The first kappa shape index (κ1) is 20.8. The van der Waals surface area contributed by atoms with Gasteiger partial charge in [-0.25, -0.2) is 13.6 Å². The van der Waals surface area contributed by atoms with E-state index in [2.05, 4.69) is 5.32 Å². The van der Waals surface area contributed by atoms with Crippen molar-refractivity contribution < 1.29 is 23.1 Å². The normalized spacial score (nSPS) is 11.3. The predicted octanol–water partition coefficient (Wildman–Crippen LogP) is 3.18. The summed E-state index contributed by atoms with van der Waals surface area (Å²) in [6, 6.07) is 6.82. The number of hydrogen-bond acceptors (Lipinski definition) is 4. The van der Waals surface area contributed by atoms with Crippen LogP contribution in [-0.2, 0) is 14.3 Å². The third-order valence-electron chi connectivity index (χ3n) is 3.20. The van der Waals surface area contributed by atoms with E-state index in [1.54, 1.807) is 37.3 Å². The molecule has 0 saturated carbocycles. The van der Waals surface area contributed by atoms with Crippen LogP contribution in [0, 0.1) is 0 Å². The van der Waals surface area contributed by atoms with E-state index in [-0.39, 0.29) is 12.5 Å². The van der Waals surface area contributed by atoms with Gasteiger partial charge in [0.15, 0.2) is 0 Å². The topological polar surface area (TPSA) is 58.6 Å². The molecule has 25 heavy (non-hydrogen) atoms. The fourth-order valence-electron chi connectivity index (χ4n) is 2.18. The zero-order valence-corrected chi connectivity index (χ0v) is 14.5. The number of hydrogen-bond donors (Lipinski definition) is 1. The lowest BCUT2D eigenvalue weighted by molar-refractivity contribution is -0.137. The molecule has 0 aliphatic rings. The van der Waals surface area contributed by atoms with Crippen molar-refractivity contribution in [3.63, 3.8) is 0 Å². The van der Waals surface area contributed by atoms with Crippen LogP contribution < -0.4 is 5.32 Å². The smallest absolute Gasteiger partial charge is 0.330 e. The lowest BCUT2D eigenvalue weighted by Crippen LogP contribution is -2.36. The number of nitrogens with one attached hydrogen (secondary N) is 1. The lowest BCUT2D eigenvalue weighted by Gasteiger charge is -2.20. The highest BCUT2D eigenvalue weighted by Gasteiger charge is 2.14. The quantitative estimate of drug-likeness (QED) is 0.518. The summed E-state index contributed by atoms with van der Waals surface area (Å²) in [5, 5.41) is 2.68. The highest BCUT2D eigenvalue weighted by molar-refractivity contribution is 5.92. The van der Waals surface area contributed by atoms with Gasteiger partial charge in [0.25, 0.3) is 6.43 Å². The van der Waals surface area contributed by atoms with Crippen molar-refractivity contribution in [1.82, 2.24) is 4.90 Å². The Labute approximate surface area is 146 Å². The Morgan fingerprint density at radius 1 is 1.24 bits per heavy atom. The van der Waals surface area contributed by atoms with E-state index in [4.69, 9.17) is 4.74 Å². The van der Waals surface area contributed by atoms with Crippen molar-refractivity contribution in [1.29, 1.82) is 0 Å². The molecule has 1 N–H and O–H groups in total. The first-order chi connectivity index (χ1) is 11.9. The van der Waals surface area contributed by atoms with Crippen molar-refractivity contribution in [2.75, 3.05) is 31.6 Å². The van der Waals surface area contributed by atoms with Gasteiger partial charge in [-0.2, -0.15) is 0 Å². The Kier molecular flexibility index (Phi) is 9.39. The van der Waals surface area contributed by atoms with Crippen LogP contribution >= 0.6 is 0 Å². The third-order valence-corrected chi connectivity index (χ3v) is 3.20. The van der Waals surface area contributed by atoms with Gasteiger partial charge in [0.1, 0.15) is 0 Å². The maximum Gasteiger partial charge on any atom is 0.330 e. The van der Waals surface area contributed by atoms with Crippen LogP contribution in [0.3, 0.4) is 0 Å². The Morgan fingerprint density at radius 2 is 1.92 bits per heavy atom. The molecule has 1 aromatic rings. The van der Waals surface area contributed by atoms with E-state index in [1.807, 2.05) is 6.92 Å². The molecule has 0 aromatic heterocycles. The second-order valence-electron chi connectivity index (χ2n) is 5.38. The summed E-state index contributed by atoms with van der Waals surface area (Å²) in [4.78, 5) is 24.6. The summed E-state index contributed by atoms with van der Waals surface area (Å²) < 4.78 is 29.8. The van der Waals surface area contributed by atoms with Gasteiger partial charge in [0, 0.05) is 11.8 Å². The molecule has 0 fully saturated rings. The SMILES string of the molecule is CCCN(CC(=O)Nc1ccc(/C=C/C(=O)OCC)cc1)CC(F)F. The average molecular weight is 354 g/mol. The molecule has 0 radical (unpaired) electrons. The van der Waals surface area contributed by atoms with Gasteiger partial charge in [-0.3, -0.25) is 9.69 Å². The zero-order valence-electron chi connectivity index (χ0n) is 14.5. The molecule has 7 heteroatoms. The van der Waals surface area contributed by atoms with E-state index in [1.165, 1.54) is 11.0 Å². The number of halogens is 2. The number of rotatable bonds is 10. The van der Waals surface area contributed by atoms with Crippen molar-refractivity contribution >= 4 is 23.6 Å². The molecule has 5 nitrogen and oxygen atoms in total. The largest absolute Gasteiger partial charge is 0.463 e. The second kappa shape index (κ2) is 11.3. The maximum absolute atomic E-state index is 12.5. The van der Waals surface area contributed by atoms with E-state index in [0.29, 0.717) is 25.3 Å². The summed E-state index contributed by atoms with van der Waals surface area (Å²) in [5.74, 6) is -0.765. The summed E-state index contributed by atoms with van der Waals surface area (Å²) in [6.07, 6.45) is 1.16.